The number of urea groups is 1. The van der Waals surface area contributed by atoms with Gasteiger partial charge in [-0.25, -0.2) is 10.2 Å². The number of nitrogens with two attached hydrogens (primary N) is 1. The molecule has 1 aromatic carbocycles. The fourth-order valence-electron chi connectivity index (χ4n) is 1.17. The molecule has 0 aliphatic heterocycles. The molecular formula is C10H15N3O2. The van der Waals surface area contributed by atoms with E-state index in [4.69, 9.17) is 10.5 Å². The Hall–Kier alpha value is -1.75. The van der Waals surface area contributed by atoms with Crippen molar-refractivity contribution in [3.8, 4) is 5.75 Å². The molecule has 1 rings (SSSR count). The van der Waals surface area contributed by atoms with Crippen molar-refractivity contribution in [2.24, 2.45) is 5.73 Å². The number of amides is 2. The minimum Gasteiger partial charge on any atom is -0.494 e. The molecule has 0 unspecified atom stereocenters. The van der Waals surface area contributed by atoms with Crippen molar-refractivity contribution in [1.29, 1.82) is 0 Å². The van der Waals surface area contributed by atoms with Gasteiger partial charge in [0.2, 0.25) is 0 Å². The Morgan fingerprint density at radius 3 is 2.87 bits per heavy atom. The number of para-hydroxylation sites is 1. The molecule has 0 fully saturated rings. The lowest BCUT2D eigenvalue weighted by Crippen LogP contribution is -2.40. The zero-order chi connectivity index (χ0) is 11.1. The van der Waals surface area contributed by atoms with Gasteiger partial charge in [-0.2, -0.15) is 0 Å². The van der Waals surface area contributed by atoms with Crippen molar-refractivity contribution < 1.29 is 9.53 Å². The first-order valence-corrected chi connectivity index (χ1v) is 4.73. The van der Waals surface area contributed by atoms with Crippen LogP contribution in [0.2, 0.25) is 0 Å². The van der Waals surface area contributed by atoms with Crippen molar-refractivity contribution in [2.45, 2.75) is 13.5 Å². The van der Waals surface area contributed by atoms with Crippen LogP contribution < -0.4 is 21.3 Å². The first-order valence-electron chi connectivity index (χ1n) is 4.73. The van der Waals surface area contributed by atoms with Crippen molar-refractivity contribution in [1.82, 2.24) is 10.9 Å². The summed E-state index contributed by atoms with van der Waals surface area (Å²) < 4.78 is 5.41. The fourth-order valence-corrected chi connectivity index (χ4v) is 1.17. The minimum absolute atomic E-state index is 0.471. The summed E-state index contributed by atoms with van der Waals surface area (Å²) in [6, 6.07) is 6.99. The van der Waals surface area contributed by atoms with Gasteiger partial charge in [0.05, 0.1) is 6.61 Å². The van der Waals surface area contributed by atoms with Gasteiger partial charge in [-0.3, -0.25) is 5.43 Å². The number of hydrazine groups is 1. The molecule has 0 saturated heterocycles. The van der Waals surface area contributed by atoms with Gasteiger partial charge in [-0.15, -0.1) is 0 Å². The smallest absolute Gasteiger partial charge is 0.326 e. The maximum atomic E-state index is 10.4. The van der Waals surface area contributed by atoms with Gasteiger partial charge < -0.3 is 10.5 Å². The highest BCUT2D eigenvalue weighted by Crippen LogP contribution is 2.17. The van der Waals surface area contributed by atoms with Crippen molar-refractivity contribution in [3.63, 3.8) is 0 Å². The standard InChI is InChI=1S/C10H15N3O2/c1-2-15-9-6-4-3-5-8(9)7-12-13-10(11)14/h3-6,12H,2,7H2,1H3,(H3,11,13,14). The zero-order valence-electron chi connectivity index (χ0n) is 8.62. The molecule has 2 amide bonds. The Morgan fingerprint density at radius 1 is 1.47 bits per heavy atom. The van der Waals surface area contributed by atoms with Crippen LogP contribution in [0, 0.1) is 0 Å². The average Bonchev–Trinajstić information content (AvgIpc) is 2.20. The van der Waals surface area contributed by atoms with Crippen LogP contribution in [-0.2, 0) is 6.54 Å². The number of carbonyl (C=O) groups excluding carboxylic acids is 1. The van der Waals surface area contributed by atoms with Crippen molar-refractivity contribution in [3.05, 3.63) is 29.8 Å². The predicted molar refractivity (Wildman–Crippen MR) is 57.2 cm³/mol. The molecule has 0 aromatic heterocycles. The highest BCUT2D eigenvalue weighted by molar-refractivity contribution is 5.70. The minimum atomic E-state index is -0.608. The molecule has 0 spiro atoms. The monoisotopic (exact) mass is 209 g/mol. The summed E-state index contributed by atoms with van der Waals surface area (Å²) in [5, 5.41) is 0. The van der Waals surface area contributed by atoms with E-state index in [0.29, 0.717) is 13.2 Å². The van der Waals surface area contributed by atoms with Crippen LogP contribution in [0.25, 0.3) is 0 Å². The normalized spacial score (nSPS) is 9.67. The topological polar surface area (TPSA) is 76.4 Å². The number of primary amides is 1. The number of benzene rings is 1. The summed E-state index contributed by atoms with van der Waals surface area (Å²) in [5.74, 6) is 0.804. The summed E-state index contributed by atoms with van der Waals surface area (Å²) in [4.78, 5) is 10.4. The maximum absolute atomic E-state index is 10.4. The highest BCUT2D eigenvalue weighted by atomic mass is 16.5. The first kappa shape index (κ1) is 11.3. The van der Waals surface area contributed by atoms with Crippen LogP contribution >= 0.6 is 0 Å². The summed E-state index contributed by atoms with van der Waals surface area (Å²) in [5.41, 5.74) is 10.9. The maximum Gasteiger partial charge on any atom is 0.326 e. The largest absolute Gasteiger partial charge is 0.494 e. The van der Waals surface area contributed by atoms with Gasteiger partial charge in [0, 0.05) is 12.1 Å². The van der Waals surface area contributed by atoms with Gasteiger partial charge in [0.1, 0.15) is 5.75 Å². The molecule has 0 aliphatic rings. The van der Waals surface area contributed by atoms with Gasteiger partial charge in [-0.1, -0.05) is 18.2 Å². The molecule has 0 aliphatic carbocycles. The van der Waals surface area contributed by atoms with Crippen molar-refractivity contribution >= 4 is 6.03 Å². The lowest BCUT2D eigenvalue weighted by Gasteiger charge is -2.10. The molecular weight excluding hydrogens is 194 g/mol. The zero-order valence-corrected chi connectivity index (χ0v) is 8.62. The predicted octanol–water partition coefficient (Wildman–Crippen LogP) is 0.758. The van der Waals surface area contributed by atoms with Crippen LogP contribution in [0.3, 0.4) is 0 Å². The van der Waals surface area contributed by atoms with Gasteiger partial charge in [-0.05, 0) is 13.0 Å². The fraction of sp³-hybridized carbons (Fsp3) is 0.300. The molecule has 15 heavy (non-hydrogen) atoms. The van der Waals surface area contributed by atoms with Crippen LogP contribution in [0.15, 0.2) is 24.3 Å². The Kier molecular flexibility index (Phi) is 4.43. The second-order valence-electron chi connectivity index (χ2n) is 2.88. The lowest BCUT2D eigenvalue weighted by atomic mass is 10.2. The van der Waals surface area contributed by atoms with Crippen molar-refractivity contribution in [2.75, 3.05) is 6.61 Å². The molecule has 0 bridgehead atoms. The quantitative estimate of drug-likeness (QED) is 0.626. The lowest BCUT2D eigenvalue weighted by molar-refractivity contribution is 0.244. The number of ether oxygens (including phenoxy) is 1. The molecule has 0 saturated carbocycles. The molecule has 4 N–H and O–H groups in total. The molecule has 1 aromatic rings. The molecule has 0 heterocycles. The SMILES string of the molecule is CCOc1ccccc1CNNC(N)=O. The van der Waals surface area contributed by atoms with Gasteiger partial charge in [0.15, 0.2) is 0 Å². The van der Waals surface area contributed by atoms with E-state index in [2.05, 4.69) is 10.9 Å². The molecule has 82 valence electrons. The Morgan fingerprint density at radius 2 is 2.20 bits per heavy atom. The van der Waals surface area contributed by atoms with E-state index in [0.717, 1.165) is 11.3 Å². The third-order valence-corrected chi connectivity index (χ3v) is 1.76. The third kappa shape index (κ3) is 3.86. The number of carbonyl (C=O) groups is 1. The van der Waals surface area contributed by atoms with E-state index in [1.807, 2.05) is 31.2 Å². The van der Waals surface area contributed by atoms with E-state index in [-0.39, 0.29) is 0 Å². The Labute approximate surface area is 88.6 Å². The van der Waals surface area contributed by atoms with Gasteiger partial charge in [0.25, 0.3) is 0 Å². The van der Waals surface area contributed by atoms with Gasteiger partial charge >= 0.3 is 6.03 Å². The number of hydrogen-bond donors (Lipinski definition) is 3. The summed E-state index contributed by atoms with van der Waals surface area (Å²) >= 11 is 0. The summed E-state index contributed by atoms with van der Waals surface area (Å²) in [6.07, 6.45) is 0. The first-order chi connectivity index (χ1) is 7.24. The number of hydrogen-bond acceptors (Lipinski definition) is 3. The van der Waals surface area contributed by atoms with Crippen LogP contribution in [-0.4, -0.2) is 12.6 Å². The Balaban J connectivity index is 2.55. The van der Waals surface area contributed by atoms with E-state index in [9.17, 15) is 4.79 Å². The summed E-state index contributed by atoms with van der Waals surface area (Å²) in [7, 11) is 0. The van der Waals surface area contributed by atoms with Crippen LogP contribution in [0.1, 0.15) is 12.5 Å². The molecule has 5 nitrogen and oxygen atoms in total. The average molecular weight is 209 g/mol. The van der Waals surface area contributed by atoms with Crippen LogP contribution in [0.4, 0.5) is 4.79 Å². The summed E-state index contributed by atoms with van der Waals surface area (Å²) in [6.45, 7) is 3.01. The highest BCUT2D eigenvalue weighted by Gasteiger charge is 2.01. The number of rotatable bonds is 5. The van der Waals surface area contributed by atoms with E-state index < -0.39 is 6.03 Å². The third-order valence-electron chi connectivity index (χ3n) is 1.76. The van der Waals surface area contributed by atoms with Crippen LogP contribution in [0.5, 0.6) is 5.75 Å². The van der Waals surface area contributed by atoms with E-state index in [1.54, 1.807) is 0 Å². The second-order valence-corrected chi connectivity index (χ2v) is 2.88. The molecule has 0 atom stereocenters. The number of nitrogens with one attached hydrogen (secondary N) is 2. The second kappa shape index (κ2) is 5.87. The van der Waals surface area contributed by atoms with E-state index in [1.165, 1.54) is 0 Å². The molecule has 0 radical (unpaired) electrons. The van der Waals surface area contributed by atoms with E-state index >= 15 is 0 Å². The Bertz CT molecular complexity index is 328. The molecule has 5 heteroatoms.